The minimum Gasteiger partial charge on any atom is -0.457 e. The molecule has 0 amide bonds. The van der Waals surface area contributed by atoms with Crippen LogP contribution in [0.25, 0.3) is 21.9 Å². The first-order valence-electron chi connectivity index (χ1n) is 19.9. The van der Waals surface area contributed by atoms with Crippen LogP contribution >= 0.6 is 0 Å². The van der Waals surface area contributed by atoms with Gasteiger partial charge in [0.1, 0.15) is 22.7 Å². The number of benzene rings is 5. The van der Waals surface area contributed by atoms with E-state index < -0.39 is 0 Å². The fraction of sp³-hybridized carbons (Fsp3) is 0.388. The van der Waals surface area contributed by atoms with Crippen LogP contribution in [-0.4, -0.2) is 0 Å². The van der Waals surface area contributed by atoms with Crippen molar-refractivity contribution in [1.82, 2.24) is 0 Å². The van der Waals surface area contributed by atoms with Crippen molar-refractivity contribution < 1.29 is 9.15 Å². The first kappa shape index (κ1) is 30.0. The maximum absolute atomic E-state index is 6.88. The van der Waals surface area contributed by atoms with Crippen LogP contribution in [0.2, 0.25) is 0 Å². The molecule has 3 heteroatoms. The average Bonchev–Trinajstić information content (AvgIpc) is 3.72. The van der Waals surface area contributed by atoms with Gasteiger partial charge in [-0.3, -0.25) is 0 Å². The van der Waals surface area contributed by atoms with Crippen molar-refractivity contribution in [3.63, 3.8) is 0 Å². The van der Waals surface area contributed by atoms with Crippen molar-refractivity contribution in [3.05, 3.63) is 125 Å². The van der Waals surface area contributed by atoms with E-state index in [9.17, 15) is 0 Å². The molecule has 6 aromatic rings. The molecule has 5 aromatic carbocycles. The largest absolute Gasteiger partial charge is 0.457 e. The molecule has 1 aromatic heterocycles. The van der Waals surface area contributed by atoms with Gasteiger partial charge in [-0.2, -0.15) is 0 Å². The molecule has 0 saturated heterocycles. The summed E-state index contributed by atoms with van der Waals surface area (Å²) in [5.74, 6) is 5.31. The molecule has 1 aliphatic heterocycles. The zero-order valence-corrected chi connectivity index (χ0v) is 30.8. The number of furan rings is 1. The third kappa shape index (κ3) is 3.63. The molecule has 6 aliphatic rings. The molecule has 0 N–H and O–H groups in total. The van der Waals surface area contributed by atoms with Crippen molar-refractivity contribution in [1.29, 1.82) is 0 Å². The third-order valence-corrected chi connectivity index (χ3v) is 15.6. The van der Waals surface area contributed by atoms with Crippen LogP contribution in [0.1, 0.15) is 94.9 Å². The minimum absolute atomic E-state index is 0.0162. The molecule has 260 valence electrons. The van der Waals surface area contributed by atoms with Gasteiger partial charge in [-0.15, -0.1) is 0 Å². The lowest BCUT2D eigenvalue weighted by atomic mass is 9.37. The number of hydrogen-bond donors (Lipinski definition) is 0. The number of hydrogen-bond acceptors (Lipinski definition) is 3. The van der Waals surface area contributed by atoms with Crippen LogP contribution in [0, 0.1) is 29.1 Å². The van der Waals surface area contributed by atoms with Gasteiger partial charge in [-0.25, -0.2) is 0 Å². The predicted octanol–water partition coefficient (Wildman–Crippen LogP) is 13.3. The first-order valence-corrected chi connectivity index (χ1v) is 19.9. The van der Waals surface area contributed by atoms with Gasteiger partial charge >= 0.3 is 0 Å². The molecule has 12 rings (SSSR count). The summed E-state index contributed by atoms with van der Waals surface area (Å²) in [7, 11) is 0. The zero-order valence-electron chi connectivity index (χ0n) is 30.8. The van der Waals surface area contributed by atoms with Crippen molar-refractivity contribution in [2.24, 2.45) is 29.1 Å². The summed E-state index contributed by atoms with van der Waals surface area (Å²) in [6, 6.07) is 38.8. The lowest BCUT2D eigenvalue weighted by Crippen LogP contribution is -2.64. The quantitative estimate of drug-likeness (QED) is 0.186. The Kier molecular flexibility index (Phi) is 5.61. The Bertz CT molecular complexity index is 2470. The number of para-hydroxylation sites is 2. The Hall–Kier alpha value is -4.50. The second-order valence-corrected chi connectivity index (χ2v) is 18.9. The molecule has 3 nitrogen and oxygen atoms in total. The smallest absolute Gasteiger partial charge is 0.135 e. The van der Waals surface area contributed by atoms with Crippen LogP contribution in [0.3, 0.4) is 0 Å². The van der Waals surface area contributed by atoms with E-state index in [-0.39, 0.29) is 16.2 Å². The molecule has 4 saturated carbocycles. The fourth-order valence-corrected chi connectivity index (χ4v) is 13.5. The highest BCUT2D eigenvalue weighted by Crippen LogP contribution is 2.85. The monoisotopic (exact) mass is 681 g/mol. The molecular weight excluding hydrogens is 635 g/mol. The minimum atomic E-state index is 0.0162. The van der Waals surface area contributed by atoms with Crippen LogP contribution in [0.4, 0.5) is 17.1 Å². The van der Waals surface area contributed by atoms with E-state index in [2.05, 4.69) is 136 Å². The Balaban J connectivity index is 1.09. The standard InChI is InChI=1S/C49H47NO2/c1-46(2)19-20-47(3,4)38-25-32(13-16-36(38)46)50(31-14-17-41-35(24-31)34-9-5-7-11-40(34)51-41)33-15-18-43-39(26-33)49(37-10-6-8-12-42(37)52-43)44-22-29-21-30-23-45(49)48(44,27-29)28-30/h5-18,24-26,29-30,44-45H,19-23,27-28H2,1-4H3. The predicted molar refractivity (Wildman–Crippen MR) is 210 cm³/mol. The van der Waals surface area contributed by atoms with E-state index in [0.717, 1.165) is 51.0 Å². The van der Waals surface area contributed by atoms with Crippen molar-refractivity contribution >= 4 is 39.0 Å². The average molecular weight is 682 g/mol. The SMILES string of the molecule is CC1(C)CCC(C)(C)c2cc(N(c3ccc4c(c3)C3(c5ccccc5O4)C4CC5CC6CC3C4(C5)C6)c3ccc4oc5ccccc5c4c3)ccc21. The molecule has 0 radical (unpaired) electrons. The molecule has 4 atom stereocenters. The number of ether oxygens (including phenoxy) is 1. The lowest BCUT2D eigenvalue weighted by molar-refractivity contribution is -0.0882. The summed E-state index contributed by atoms with van der Waals surface area (Å²) in [5.41, 5.74) is 12.1. The van der Waals surface area contributed by atoms with Gasteiger partial charge in [-0.05, 0) is 157 Å². The van der Waals surface area contributed by atoms with E-state index in [1.165, 1.54) is 78.6 Å². The van der Waals surface area contributed by atoms with Crippen molar-refractivity contribution in [3.8, 4) is 11.5 Å². The van der Waals surface area contributed by atoms with E-state index >= 15 is 0 Å². The maximum atomic E-state index is 6.88. The number of rotatable bonds is 3. The Morgan fingerprint density at radius 3 is 1.96 bits per heavy atom. The van der Waals surface area contributed by atoms with E-state index in [4.69, 9.17) is 9.15 Å². The van der Waals surface area contributed by atoms with Gasteiger partial charge in [0.2, 0.25) is 0 Å². The van der Waals surface area contributed by atoms with Crippen LogP contribution in [0.15, 0.2) is 108 Å². The highest BCUT2D eigenvalue weighted by Gasteiger charge is 2.79. The summed E-state index contributed by atoms with van der Waals surface area (Å²) >= 11 is 0. The summed E-state index contributed by atoms with van der Waals surface area (Å²) < 4.78 is 13.2. The molecule has 52 heavy (non-hydrogen) atoms. The maximum Gasteiger partial charge on any atom is 0.135 e. The van der Waals surface area contributed by atoms with E-state index in [1.807, 2.05) is 0 Å². The Labute approximate surface area is 307 Å². The van der Waals surface area contributed by atoms with Gasteiger partial charge in [0.25, 0.3) is 0 Å². The third-order valence-electron chi connectivity index (χ3n) is 15.6. The Morgan fingerprint density at radius 1 is 0.538 bits per heavy atom. The fourth-order valence-electron chi connectivity index (χ4n) is 13.5. The van der Waals surface area contributed by atoms with Crippen LogP contribution < -0.4 is 9.64 Å². The molecule has 2 spiro atoms. The summed E-state index contributed by atoms with van der Waals surface area (Å²) in [5, 5.41) is 2.32. The number of anilines is 3. The van der Waals surface area contributed by atoms with Gasteiger partial charge in [0, 0.05) is 44.4 Å². The van der Waals surface area contributed by atoms with Crippen molar-refractivity contribution in [2.45, 2.75) is 88.9 Å². The highest BCUT2D eigenvalue weighted by molar-refractivity contribution is 6.06. The van der Waals surface area contributed by atoms with E-state index in [1.54, 1.807) is 0 Å². The topological polar surface area (TPSA) is 25.6 Å². The van der Waals surface area contributed by atoms with Crippen molar-refractivity contribution in [2.75, 3.05) is 4.90 Å². The molecule has 4 unspecified atom stereocenters. The first-order chi connectivity index (χ1) is 25.2. The number of nitrogens with zero attached hydrogens (tertiary/aromatic N) is 1. The van der Waals surface area contributed by atoms with Crippen LogP contribution in [0.5, 0.6) is 11.5 Å². The summed E-state index contributed by atoms with van der Waals surface area (Å²) in [6.07, 6.45) is 9.49. The molecule has 2 heterocycles. The van der Waals surface area contributed by atoms with E-state index in [0.29, 0.717) is 17.3 Å². The lowest BCUT2D eigenvalue weighted by Gasteiger charge is -2.66. The second-order valence-electron chi connectivity index (χ2n) is 18.9. The molecular formula is C49H47NO2. The molecule has 4 fully saturated rings. The normalized spacial score (nSPS) is 30.8. The summed E-state index contributed by atoms with van der Waals surface area (Å²) in [4.78, 5) is 2.53. The van der Waals surface area contributed by atoms with Gasteiger partial charge in [0.15, 0.2) is 0 Å². The zero-order chi connectivity index (χ0) is 34.8. The van der Waals surface area contributed by atoms with Gasteiger partial charge in [0.05, 0.1) is 0 Å². The second kappa shape index (κ2) is 9.72. The van der Waals surface area contributed by atoms with Crippen LogP contribution in [-0.2, 0) is 16.2 Å². The summed E-state index contributed by atoms with van der Waals surface area (Å²) in [6.45, 7) is 9.72. The van der Waals surface area contributed by atoms with Gasteiger partial charge in [-0.1, -0.05) is 70.2 Å². The Morgan fingerprint density at radius 2 is 1.15 bits per heavy atom. The highest BCUT2D eigenvalue weighted by atomic mass is 16.5. The molecule has 3 bridgehead atoms. The molecule has 5 aliphatic carbocycles. The number of fused-ring (bicyclic) bond motifs is 12. The van der Waals surface area contributed by atoms with Gasteiger partial charge < -0.3 is 14.1 Å².